The van der Waals surface area contributed by atoms with Crippen molar-refractivity contribution in [3.8, 4) is 0 Å². The van der Waals surface area contributed by atoms with Gasteiger partial charge in [0.05, 0.1) is 5.69 Å². The summed E-state index contributed by atoms with van der Waals surface area (Å²) < 4.78 is 19.1. The first kappa shape index (κ1) is 19.6. The number of carbonyl (C=O) groups excluding carboxylic acids is 1. The molecule has 1 aromatic heterocycles. The van der Waals surface area contributed by atoms with Gasteiger partial charge in [0.25, 0.3) is 0 Å². The summed E-state index contributed by atoms with van der Waals surface area (Å²) >= 11 is 0. The van der Waals surface area contributed by atoms with E-state index in [4.69, 9.17) is 4.42 Å². The summed E-state index contributed by atoms with van der Waals surface area (Å²) in [6.07, 6.45) is 8.23. The summed E-state index contributed by atoms with van der Waals surface area (Å²) in [4.78, 5) is 14.0. The van der Waals surface area contributed by atoms with E-state index in [0.717, 1.165) is 81.7 Å². The lowest BCUT2D eigenvalue weighted by atomic mass is 10.1. The molecule has 0 radical (unpaired) electrons. The van der Waals surface area contributed by atoms with Gasteiger partial charge in [-0.05, 0) is 44.0 Å². The normalized spacial score (nSPS) is 14.1. The Morgan fingerprint density at radius 3 is 2.96 bits per heavy atom. The fourth-order valence-electron chi connectivity index (χ4n) is 3.62. The minimum atomic E-state index is -0.253. The first-order chi connectivity index (χ1) is 13.2. The van der Waals surface area contributed by atoms with E-state index < -0.39 is 0 Å². The van der Waals surface area contributed by atoms with E-state index in [0.29, 0.717) is 5.78 Å². The minimum Gasteiger partial charge on any atom is -0.467 e. The van der Waals surface area contributed by atoms with Gasteiger partial charge in [-0.25, -0.2) is 4.39 Å². The highest BCUT2D eigenvalue weighted by molar-refractivity contribution is 5.78. The summed E-state index contributed by atoms with van der Waals surface area (Å²) in [5.74, 6) is 1.17. The third-order valence-corrected chi connectivity index (χ3v) is 5.08. The van der Waals surface area contributed by atoms with Crippen molar-refractivity contribution in [1.29, 1.82) is 0 Å². The highest BCUT2D eigenvalue weighted by Gasteiger charge is 2.22. The monoisotopic (exact) mass is 372 g/mol. The second-order valence-corrected chi connectivity index (χ2v) is 7.31. The van der Waals surface area contributed by atoms with Crippen molar-refractivity contribution < 1.29 is 13.6 Å². The molecule has 0 fully saturated rings. The average Bonchev–Trinajstić information content (AvgIpc) is 3.04. The predicted molar refractivity (Wildman–Crippen MR) is 106 cm³/mol. The molecule has 0 spiro atoms. The van der Waals surface area contributed by atoms with Crippen molar-refractivity contribution in [2.24, 2.45) is 0 Å². The summed E-state index contributed by atoms with van der Waals surface area (Å²) in [5, 5.41) is 3.28. The minimum absolute atomic E-state index is 0.253. The molecule has 5 heteroatoms. The van der Waals surface area contributed by atoms with E-state index in [-0.39, 0.29) is 5.82 Å². The van der Waals surface area contributed by atoms with Crippen LogP contribution < -0.4 is 5.32 Å². The molecular formula is C22H29FN2O2. The van der Waals surface area contributed by atoms with Crippen LogP contribution in [0, 0.1) is 5.82 Å². The molecule has 1 aliphatic heterocycles. The van der Waals surface area contributed by atoms with E-state index in [9.17, 15) is 9.18 Å². The highest BCUT2D eigenvalue weighted by atomic mass is 19.1. The average molecular weight is 372 g/mol. The van der Waals surface area contributed by atoms with Gasteiger partial charge in [-0.3, -0.25) is 9.69 Å². The van der Waals surface area contributed by atoms with Gasteiger partial charge >= 0.3 is 0 Å². The molecule has 0 atom stereocenters. The van der Waals surface area contributed by atoms with Gasteiger partial charge in [0, 0.05) is 43.6 Å². The quantitative estimate of drug-likeness (QED) is 0.563. The molecule has 0 amide bonds. The number of nitrogens with one attached hydrogen (secondary N) is 1. The molecule has 3 rings (SSSR count). The van der Waals surface area contributed by atoms with Crippen LogP contribution in [0.3, 0.4) is 0 Å². The zero-order chi connectivity index (χ0) is 19.1. The van der Waals surface area contributed by atoms with E-state index in [1.807, 2.05) is 6.07 Å². The van der Waals surface area contributed by atoms with Crippen molar-refractivity contribution in [3.63, 3.8) is 0 Å². The number of benzene rings is 1. The second-order valence-electron chi connectivity index (χ2n) is 7.31. The van der Waals surface area contributed by atoms with E-state index in [2.05, 4.69) is 17.1 Å². The largest absolute Gasteiger partial charge is 0.467 e. The number of rotatable bonds is 10. The molecule has 1 aliphatic rings. The number of Topliss-reactive ketones (excluding diaryl/α,β-unsaturated/α-hetero) is 1. The van der Waals surface area contributed by atoms with Crippen molar-refractivity contribution >= 4 is 17.2 Å². The summed E-state index contributed by atoms with van der Waals surface area (Å²) in [6, 6.07) is 6.47. The summed E-state index contributed by atoms with van der Waals surface area (Å²) in [5.41, 5.74) is 2.82. The van der Waals surface area contributed by atoms with Gasteiger partial charge in [0.15, 0.2) is 0 Å². The van der Waals surface area contributed by atoms with Crippen LogP contribution in [0.25, 0.3) is 0 Å². The zero-order valence-electron chi connectivity index (χ0n) is 16.1. The van der Waals surface area contributed by atoms with E-state index in [1.54, 1.807) is 12.3 Å². The van der Waals surface area contributed by atoms with Crippen LogP contribution in [-0.4, -0.2) is 23.8 Å². The number of anilines is 2. The number of halogens is 1. The standard InChI is InChI=1S/C22H29FN2O2/c1-2-7-19(26)10-4-3-5-12-25-13-11-22-20(15-25)21(16-27-22)24-18-9-6-8-17(23)14-18/h6,8-9,14,16,24H,2-5,7,10-13,15H2,1H3. The molecule has 0 saturated heterocycles. The zero-order valence-corrected chi connectivity index (χ0v) is 16.1. The Morgan fingerprint density at radius 2 is 2.15 bits per heavy atom. The number of nitrogens with zero attached hydrogens (tertiary/aromatic N) is 1. The van der Waals surface area contributed by atoms with E-state index in [1.165, 1.54) is 17.7 Å². The topological polar surface area (TPSA) is 45.5 Å². The number of unbranched alkanes of at least 4 members (excludes halogenated alkanes) is 2. The van der Waals surface area contributed by atoms with Crippen LogP contribution in [0.2, 0.25) is 0 Å². The smallest absolute Gasteiger partial charge is 0.132 e. The van der Waals surface area contributed by atoms with Crippen molar-refractivity contribution in [2.75, 3.05) is 18.4 Å². The number of ketones is 1. The van der Waals surface area contributed by atoms with Crippen LogP contribution >= 0.6 is 0 Å². The first-order valence-electron chi connectivity index (χ1n) is 10.0. The number of carbonyl (C=O) groups is 1. The lowest BCUT2D eigenvalue weighted by molar-refractivity contribution is -0.119. The number of fused-ring (bicyclic) bond motifs is 1. The van der Waals surface area contributed by atoms with Crippen LogP contribution in [0.4, 0.5) is 15.8 Å². The van der Waals surface area contributed by atoms with Gasteiger partial charge in [0.2, 0.25) is 0 Å². The van der Waals surface area contributed by atoms with Gasteiger partial charge in [-0.15, -0.1) is 0 Å². The van der Waals surface area contributed by atoms with Gasteiger partial charge < -0.3 is 9.73 Å². The molecule has 2 aromatic rings. The van der Waals surface area contributed by atoms with Crippen LogP contribution in [0.5, 0.6) is 0 Å². The molecule has 4 nitrogen and oxygen atoms in total. The second kappa shape index (κ2) is 9.70. The Balaban J connectivity index is 1.47. The summed E-state index contributed by atoms with van der Waals surface area (Å²) in [7, 11) is 0. The van der Waals surface area contributed by atoms with Gasteiger partial charge in [-0.2, -0.15) is 0 Å². The molecule has 0 bridgehead atoms. The third kappa shape index (κ3) is 5.67. The molecule has 2 heterocycles. The SMILES string of the molecule is CCCC(=O)CCCCCN1CCc2occ(Nc3cccc(F)c3)c2C1. The maximum atomic E-state index is 13.4. The van der Waals surface area contributed by atoms with Crippen molar-refractivity contribution in [3.05, 3.63) is 47.7 Å². The van der Waals surface area contributed by atoms with Crippen LogP contribution in [0.15, 0.2) is 34.9 Å². The lowest BCUT2D eigenvalue weighted by Crippen LogP contribution is -2.31. The lowest BCUT2D eigenvalue weighted by Gasteiger charge is -2.26. The Labute approximate surface area is 160 Å². The number of hydrogen-bond donors (Lipinski definition) is 1. The Hall–Kier alpha value is -2.14. The molecule has 0 aliphatic carbocycles. The third-order valence-electron chi connectivity index (χ3n) is 5.08. The molecule has 0 unspecified atom stereocenters. The fourth-order valence-corrected chi connectivity index (χ4v) is 3.62. The number of hydrogen-bond acceptors (Lipinski definition) is 4. The van der Waals surface area contributed by atoms with Gasteiger partial charge in [-0.1, -0.05) is 19.4 Å². The molecule has 146 valence electrons. The van der Waals surface area contributed by atoms with Crippen LogP contribution in [-0.2, 0) is 17.8 Å². The maximum absolute atomic E-state index is 13.4. The van der Waals surface area contributed by atoms with Crippen LogP contribution in [0.1, 0.15) is 56.8 Å². The highest BCUT2D eigenvalue weighted by Crippen LogP contribution is 2.31. The fraction of sp³-hybridized carbons (Fsp3) is 0.500. The molecular weight excluding hydrogens is 343 g/mol. The van der Waals surface area contributed by atoms with Gasteiger partial charge in [0.1, 0.15) is 23.6 Å². The van der Waals surface area contributed by atoms with Crippen molar-refractivity contribution in [2.45, 2.75) is 58.4 Å². The molecule has 1 N–H and O–H groups in total. The molecule has 27 heavy (non-hydrogen) atoms. The molecule has 1 aromatic carbocycles. The van der Waals surface area contributed by atoms with E-state index >= 15 is 0 Å². The predicted octanol–water partition coefficient (Wildman–Crippen LogP) is 5.45. The Bertz CT molecular complexity index is 757. The Kier molecular flexibility index (Phi) is 7.04. The number of furan rings is 1. The maximum Gasteiger partial charge on any atom is 0.132 e. The Morgan fingerprint density at radius 1 is 1.26 bits per heavy atom. The summed E-state index contributed by atoms with van der Waals surface area (Å²) in [6.45, 7) is 4.93. The first-order valence-corrected chi connectivity index (χ1v) is 10.0. The van der Waals surface area contributed by atoms with Crippen molar-refractivity contribution in [1.82, 2.24) is 4.90 Å². The molecule has 0 saturated carbocycles.